The largest absolute Gasteiger partial charge is 0.396 e. The lowest BCUT2D eigenvalue weighted by Gasteiger charge is -2.35. The summed E-state index contributed by atoms with van der Waals surface area (Å²) in [5, 5.41) is 12.3. The molecule has 2 atom stereocenters. The number of nitrogens with one attached hydrogen (secondary N) is 1. The maximum Gasteiger partial charge on any atom is 0.215 e. The van der Waals surface area contributed by atoms with Gasteiger partial charge in [-0.15, -0.1) is 0 Å². The molecule has 0 spiro atoms. The molecule has 5 nitrogen and oxygen atoms in total. The molecule has 0 radical (unpaired) electrons. The number of hydrogen-bond donors (Lipinski definition) is 2. The van der Waals surface area contributed by atoms with E-state index in [9.17, 15) is 8.42 Å². The van der Waals surface area contributed by atoms with Crippen LogP contribution in [-0.2, 0) is 10.0 Å². The van der Waals surface area contributed by atoms with Crippen LogP contribution in [0.4, 0.5) is 0 Å². The molecule has 0 bridgehead atoms. The number of aliphatic hydroxyl groups is 1. The molecule has 0 aromatic carbocycles. The van der Waals surface area contributed by atoms with Crippen molar-refractivity contribution in [1.82, 2.24) is 9.62 Å². The molecule has 2 fully saturated rings. The zero-order valence-electron chi connectivity index (χ0n) is 10.8. The number of sulfonamides is 1. The Morgan fingerprint density at radius 3 is 2.72 bits per heavy atom. The summed E-state index contributed by atoms with van der Waals surface area (Å²) in [5.74, 6) is 0.217. The van der Waals surface area contributed by atoms with Crippen LogP contribution in [0, 0.1) is 0 Å². The van der Waals surface area contributed by atoms with Crippen LogP contribution >= 0.6 is 0 Å². The van der Waals surface area contributed by atoms with Crippen molar-refractivity contribution in [2.75, 3.05) is 25.4 Å². The maximum absolute atomic E-state index is 12.4. The summed E-state index contributed by atoms with van der Waals surface area (Å²) in [6, 6.07) is 0.127. The Bertz CT molecular complexity index is 350. The van der Waals surface area contributed by atoms with Gasteiger partial charge in [0.05, 0.1) is 5.75 Å². The van der Waals surface area contributed by atoms with E-state index < -0.39 is 10.0 Å². The van der Waals surface area contributed by atoms with Gasteiger partial charge in [-0.05, 0) is 38.6 Å². The van der Waals surface area contributed by atoms with Crippen LogP contribution in [0.25, 0.3) is 0 Å². The number of aliphatic hydroxyl groups excluding tert-OH is 1. The van der Waals surface area contributed by atoms with Gasteiger partial charge in [0.2, 0.25) is 10.0 Å². The summed E-state index contributed by atoms with van der Waals surface area (Å²) in [6.07, 6.45) is 5.49. The fourth-order valence-corrected chi connectivity index (χ4v) is 5.08. The summed E-state index contributed by atoms with van der Waals surface area (Å²) in [4.78, 5) is 0. The highest BCUT2D eigenvalue weighted by Crippen LogP contribution is 2.24. The summed E-state index contributed by atoms with van der Waals surface area (Å²) in [7, 11) is -3.18. The Morgan fingerprint density at radius 1 is 1.22 bits per heavy atom. The highest BCUT2D eigenvalue weighted by atomic mass is 32.2. The van der Waals surface area contributed by atoms with Gasteiger partial charge in [-0.1, -0.05) is 6.42 Å². The lowest BCUT2D eigenvalue weighted by Crippen LogP contribution is -2.47. The molecule has 2 aliphatic rings. The Balaban J connectivity index is 2.01. The van der Waals surface area contributed by atoms with E-state index in [4.69, 9.17) is 5.11 Å². The first-order valence-corrected chi connectivity index (χ1v) is 8.58. The smallest absolute Gasteiger partial charge is 0.215 e. The minimum Gasteiger partial charge on any atom is -0.396 e. The molecule has 0 aromatic heterocycles. The molecule has 2 unspecified atom stereocenters. The van der Waals surface area contributed by atoms with E-state index in [1.807, 2.05) is 0 Å². The molecule has 2 heterocycles. The third-order valence-corrected chi connectivity index (χ3v) is 5.99. The molecular formula is C12H24N2O3S. The lowest BCUT2D eigenvalue weighted by molar-refractivity contribution is 0.192. The van der Waals surface area contributed by atoms with Crippen LogP contribution in [0.2, 0.25) is 0 Å². The second-order valence-corrected chi connectivity index (χ2v) is 7.31. The molecule has 0 saturated carbocycles. The summed E-state index contributed by atoms with van der Waals surface area (Å²) in [5.41, 5.74) is 0. The highest BCUT2D eigenvalue weighted by molar-refractivity contribution is 7.89. The van der Waals surface area contributed by atoms with E-state index in [1.54, 1.807) is 4.31 Å². The standard InChI is InChI=1S/C12H24N2O3S/c15-9-6-12-5-1-2-8-14(12)18(16,17)10-11-4-3-7-13-11/h11-13,15H,1-10H2. The van der Waals surface area contributed by atoms with Crippen molar-refractivity contribution in [2.45, 2.75) is 50.6 Å². The average Bonchev–Trinajstić information content (AvgIpc) is 2.82. The minimum atomic E-state index is -3.18. The molecule has 106 valence electrons. The fraction of sp³-hybridized carbons (Fsp3) is 1.00. The van der Waals surface area contributed by atoms with Crippen molar-refractivity contribution in [3.8, 4) is 0 Å². The second-order valence-electron chi connectivity index (χ2n) is 5.34. The first kappa shape index (κ1) is 14.2. The second kappa shape index (κ2) is 6.32. The normalized spacial score (nSPS) is 30.7. The zero-order valence-corrected chi connectivity index (χ0v) is 11.7. The fourth-order valence-electron chi connectivity index (χ4n) is 3.03. The van der Waals surface area contributed by atoms with Crippen molar-refractivity contribution in [2.24, 2.45) is 0 Å². The van der Waals surface area contributed by atoms with E-state index in [1.165, 1.54) is 0 Å². The van der Waals surface area contributed by atoms with Gasteiger partial charge in [0, 0.05) is 25.2 Å². The van der Waals surface area contributed by atoms with Crippen molar-refractivity contribution in [3.63, 3.8) is 0 Å². The Hall–Kier alpha value is -0.170. The predicted octanol–water partition coefficient (Wildman–Crippen LogP) is 0.305. The molecule has 0 aromatic rings. The van der Waals surface area contributed by atoms with Gasteiger partial charge in [-0.3, -0.25) is 0 Å². The van der Waals surface area contributed by atoms with E-state index >= 15 is 0 Å². The molecule has 2 N–H and O–H groups in total. The lowest BCUT2D eigenvalue weighted by atomic mass is 10.0. The van der Waals surface area contributed by atoms with Crippen LogP contribution in [-0.4, -0.2) is 55.4 Å². The minimum absolute atomic E-state index is 0.00940. The van der Waals surface area contributed by atoms with Crippen molar-refractivity contribution in [3.05, 3.63) is 0 Å². The number of piperidine rings is 1. The third kappa shape index (κ3) is 3.44. The van der Waals surface area contributed by atoms with Crippen LogP contribution < -0.4 is 5.32 Å². The van der Waals surface area contributed by atoms with Crippen LogP contribution in [0.3, 0.4) is 0 Å². The van der Waals surface area contributed by atoms with Gasteiger partial charge >= 0.3 is 0 Å². The Labute approximate surface area is 110 Å². The molecule has 0 aliphatic carbocycles. The van der Waals surface area contributed by atoms with E-state index in [0.717, 1.165) is 38.6 Å². The maximum atomic E-state index is 12.4. The quantitative estimate of drug-likeness (QED) is 0.758. The van der Waals surface area contributed by atoms with Gasteiger partial charge in [0.1, 0.15) is 0 Å². The molecular weight excluding hydrogens is 252 g/mol. The van der Waals surface area contributed by atoms with Crippen LogP contribution in [0.1, 0.15) is 38.5 Å². The molecule has 0 amide bonds. The van der Waals surface area contributed by atoms with Gasteiger partial charge < -0.3 is 10.4 Å². The predicted molar refractivity (Wildman–Crippen MR) is 70.9 cm³/mol. The first-order chi connectivity index (χ1) is 8.63. The van der Waals surface area contributed by atoms with Gasteiger partial charge in [0.15, 0.2) is 0 Å². The topological polar surface area (TPSA) is 69.6 Å². The van der Waals surface area contributed by atoms with Gasteiger partial charge in [-0.25, -0.2) is 8.42 Å². The highest BCUT2D eigenvalue weighted by Gasteiger charge is 2.34. The zero-order chi connectivity index (χ0) is 13.0. The number of hydrogen-bond acceptors (Lipinski definition) is 4. The molecule has 2 rings (SSSR count). The Morgan fingerprint density at radius 2 is 2.06 bits per heavy atom. The summed E-state index contributed by atoms with van der Waals surface area (Å²) >= 11 is 0. The van der Waals surface area contributed by atoms with Crippen molar-refractivity contribution in [1.29, 1.82) is 0 Å². The van der Waals surface area contributed by atoms with Crippen LogP contribution in [0.15, 0.2) is 0 Å². The SMILES string of the molecule is O=S(=O)(CC1CCCN1)N1CCCCC1CCO. The van der Waals surface area contributed by atoms with Gasteiger partial charge in [-0.2, -0.15) is 4.31 Å². The van der Waals surface area contributed by atoms with Crippen LogP contribution in [0.5, 0.6) is 0 Å². The first-order valence-electron chi connectivity index (χ1n) is 6.97. The van der Waals surface area contributed by atoms with E-state index in [0.29, 0.717) is 13.0 Å². The molecule has 18 heavy (non-hydrogen) atoms. The Kier molecular flexibility index (Phi) is 5.00. The molecule has 2 saturated heterocycles. The monoisotopic (exact) mass is 276 g/mol. The average molecular weight is 276 g/mol. The van der Waals surface area contributed by atoms with E-state index in [2.05, 4.69) is 5.32 Å². The third-order valence-electron chi connectivity index (χ3n) is 3.97. The van der Waals surface area contributed by atoms with E-state index in [-0.39, 0.29) is 24.4 Å². The van der Waals surface area contributed by atoms with Crippen molar-refractivity contribution >= 4 is 10.0 Å². The summed E-state index contributed by atoms with van der Waals surface area (Å²) in [6.45, 7) is 1.62. The number of nitrogens with zero attached hydrogens (tertiary/aromatic N) is 1. The van der Waals surface area contributed by atoms with Crippen molar-refractivity contribution < 1.29 is 13.5 Å². The number of rotatable bonds is 5. The molecule has 6 heteroatoms. The van der Waals surface area contributed by atoms with Gasteiger partial charge in [0.25, 0.3) is 0 Å². The summed E-state index contributed by atoms with van der Waals surface area (Å²) < 4.78 is 26.5. The molecule has 2 aliphatic heterocycles.